The first kappa shape index (κ1) is 13.5. The van der Waals surface area contributed by atoms with E-state index in [1.54, 1.807) is 12.1 Å². The van der Waals surface area contributed by atoms with E-state index in [1.165, 1.54) is 31.2 Å². The Balaban J connectivity index is 2.15. The Kier molecular flexibility index (Phi) is 4.76. The Morgan fingerprint density at radius 3 is 2.56 bits per heavy atom. The summed E-state index contributed by atoms with van der Waals surface area (Å²) in [5, 5.41) is 3.31. The molecule has 100 valence electrons. The Labute approximate surface area is 110 Å². The molecule has 1 nitrogen and oxygen atoms in total. The zero-order valence-electron chi connectivity index (χ0n) is 11.5. The van der Waals surface area contributed by atoms with Gasteiger partial charge in [-0.3, -0.25) is 0 Å². The van der Waals surface area contributed by atoms with Gasteiger partial charge in [-0.25, -0.2) is 4.39 Å². The van der Waals surface area contributed by atoms with Crippen molar-refractivity contribution in [2.24, 2.45) is 11.8 Å². The lowest BCUT2D eigenvalue weighted by Gasteiger charge is -2.36. The summed E-state index contributed by atoms with van der Waals surface area (Å²) in [5.41, 5.74) is 1.31. The van der Waals surface area contributed by atoms with E-state index in [0.29, 0.717) is 11.8 Å². The fourth-order valence-electron chi connectivity index (χ4n) is 3.32. The molecule has 0 saturated heterocycles. The summed E-state index contributed by atoms with van der Waals surface area (Å²) in [6, 6.07) is 7.14. The maximum absolute atomic E-state index is 13.0. The van der Waals surface area contributed by atoms with Gasteiger partial charge in [0.15, 0.2) is 0 Å². The number of hydrogen-bond acceptors (Lipinski definition) is 1. The van der Waals surface area contributed by atoms with Crippen molar-refractivity contribution in [3.05, 3.63) is 35.6 Å². The molecule has 0 radical (unpaired) electrons. The fraction of sp³-hybridized carbons (Fsp3) is 0.625. The van der Waals surface area contributed by atoms with Crippen LogP contribution in [0.1, 0.15) is 44.1 Å². The van der Waals surface area contributed by atoms with Gasteiger partial charge in [-0.15, -0.1) is 0 Å². The van der Waals surface area contributed by atoms with Gasteiger partial charge < -0.3 is 5.32 Å². The van der Waals surface area contributed by atoms with E-state index >= 15 is 0 Å². The van der Waals surface area contributed by atoms with Gasteiger partial charge in [-0.2, -0.15) is 0 Å². The summed E-state index contributed by atoms with van der Waals surface area (Å²) in [6.07, 6.45) is 5.17. The number of nitrogens with one attached hydrogen (secondary N) is 1. The smallest absolute Gasteiger partial charge is 0.123 e. The second-order valence-corrected chi connectivity index (χ2v) is 5.56. The minimum Gasteiger partial charge on any atom is -0.319 e. The van der Waals surface area contributed by atoms with Gasteiger partial charge in [0.05, 0.1) is 0 Å². The summed E-state index contributed by atoms with van der Waals surface area (Å²) >= 11 is 0. The van der Waals surface area contributed by atoms with E-state index in [2.05, 4.69) is 12.2 Å². The minimum atomic E-state index is -0.133. The maximum atomic E-state index is 13.0. The van der Waals surface area contributed by atoms with E-state index < -0.39 is 0 Å². The molecule has 1 aliphatic carbocycles. The van der Waals surface area contributed by atoms with Crippen molar-refractivity contribution >= 4 is 0 Å². The molecule has 2 rings (SSSR count). The fourth-order valence-corrected chi connectivity index (χ4v) is 3.32. The summed E-state index contributed by atoms with van der Waals surface area (Å²) < 4.78 is 13.0. The third-order valence-corrected chi connectivity index (χ3v) is 4.44. The zero-order chi connectivity index (χ0) is 13.0. The second kappa shape index (κ2) is 6.33. The van der Waals surface area contributed by atoms with Crippen LogP contribution in [0.15, 0.2) is 24.3 Å². The van der Waals surface area contributed by atoms with Gasteiger partial charge in [-0.1, -0.05) is 31.9 Å². The standard InChI is InChI=1S/C16H24FN/c1-3-12-4-5-14(11-18-2)16(10-12)13-6-8-15(17)9-7-13/h6-9,12,14,16,18H,3-5,10-11H2,1-2H3. The first-order chi connectivity index (χ1) is 8.74. The van der Waals surface area contributed by atoms with E-state index in [4.69, 9.17) is 0 Å². The van der Waals surface area contributed by atoms with Gasteiger partial charge in [0.2, 0.25) is 0 Å². The van der Waals surface area contributed by atoms with Crippen molar-refractivity contribution < 1.29 is 4.39 Å². The molecule has 1 N–H and O–H groups in total. The zero-order valence-corrected chi connectivity index (χ0v) is 11.5. The van der Waals surface area contributed by atoms with E-state index in [-0.39, 0.29) is 5.82 Å². The van der Waals surface area contributed by atoms with Crippen LogP contribution in [-0.2, 0) is 0 Å². The molecule has 1 aliphatic rings. The lowest BCUT2D eigenvalue weighted by atomic mass is 9.70. The molecule has 0 spiro atoms. The molecule has 0 aromatic heterocycles. The summed E-state index contributed by atoms with van der Waals surface area (Å²) in [5.74, 6) is 2.00. The van der Waals surface area contributed by atoms with Gasteiger partial charge in [0.25, 0.3) is 0 Å². The van der Waals surface area contributed by atoms with Crippen LogP contribution in [0.5, 0.6) is 0 Å². The molecule has 1 fully saturated rings. The quantitative estimate of drug-likeness (QED) is 0.852. The van der Waals surface area contributed by atoms with Crippen molar-refractivity contribution in [3.8, 4) is 0 Å². The number of halogens is 1. The predicted molar refractivity (Wildman–Crippen MR) is 74.2 cm³/mol. The molecule has 3 atom stereocenters. The topological polar surface area (TPSA) is 12.0 Å². The second-order valence-electron chi connectivity index (χ2n) is 5.56. The lowest BCUT2D eigenvalue weighted by molar-refractivity contribution is 0.228. The van der Waals surface area contributed by atoms with Crippen LogP contribution in [0.2, 0.25) is 0 Å². The molecule has 3 unspecified atom stereocenters. The first-order valence-corrected chi connectivity index (χ1v) is 7.14. The highest BCUT2D eigenvalue weighted by atomic mass is 19.1. The Morgan fingerprint density at radius 2 is 1.94 bits per heavy atom. The van der Waals surface area contributed by atoms with E-state index in [9.17, 15) is 4.39 Å². The van der Waals surface area contributed by atoms with Crippen molar-refractivity contribution in [2.45, 2.75) is 38.5 Å². The molecule has 0 aliphatic heterocycles. The lowest BCUT2D eigenvalue weighted by Crippen LogP contribution is -2.30. The Hall–Kier alpha value is -0.890. The molecule has 2 heteroatoms. The molecule has 1 aromatic carbocycles. The maximum Gasteiger partial charge on any atom is 0.123 e. The highest BCUT2D eigenvalue weighted by Gasteiger charge is 2.30. The average molecular weight is 249 g/mol. The predicted octanol–water partition coefficient (Wildman–Crippen LogP) is 3.96. The van der Waals surface area contributed by atoms with Gasteiger partial charge in [0, 0.05) is 0 Å². The highest BCUT2D eigenvalue weighted by Crippen LogP contribution is 2.41. The molecule has 0 bridgehead atoms. The monoisotopic (exact) mass is 249 g/mol. The largest absolute Gasteiger partial charge is 0.319 e. The molecule has 18 heavy (non-hydrogen) atoms. The first-order valence-electron chi connectivity index (χ1n) is 7.14. The van der Waals surface area contributed by atoms with Gasteiger partial charge in [-0.05, 0) is 61.9 Å². The van der Waals surface area contributed by atoms with Crippen molar-refractivity contribution in [1.29, 1.82) is 0 Å². The molecule has 1 saturated carbocycles. The number of benzene rings is 1. The highest BCUT2D eigenvalue weighted by molar-refractivity contribution is 5.22. The van der Waals surface area contributed by atoms with Crippen molar-refractivity contribution in [1.82, 2.24) is 5.32 Å². The van der Waals surface area contributed by atoms with Crippen LogP contribution in [0.3, 0.4) is 0 Å². The van der Waals surface area contributed by atoms with Crippen LogP contribution < -0.4 is 5.32 Å². The Bertz CT molecular complexity index is 360. The number of hydrogen-bond donors (Lipinski definition) is 1. The third-order valence-electron chi connectivity index (χ3n) is 4.44. The minimum absolute atomic E-state index is 0.133. The molecular formula is C16H24FN. The van der Waals surface area contributed by atoms with Crippen molar-refractivity contribution in [3.63, 3.8) is 0 Å². The molecule has 1 aromatic rings. The van der Waals surface area contributed by atoms with Crippen LogP contribution in [0.25, 0.3) is 0 Å². The number of rotatable bonds is 4. The van der Waals surface area contributed by atoms with Crippen LogP contribution >= 0.6 is 0 Å². The summed E-state index contributed by atoms with van der Waals surface area (Å²) in [7, 11) is 2.02. The van der Waals surface area contributed by atoms with Gasteiger partial charge in [0.1, 0.15) is 5.82 Å². The van der Waals surface area contributed by atoms with Gasteiger partial charge >= 0.3 is 0 Å². The SMILES string of the molecule is CCC1CCC(CNC)C(c2ccc(F)cc2)C1. The van der Waals surface area contributed by atoms with Crippen LogP contribution in [0.4, 0.5) is 4.39 Å². The normalized spacial score (nSPS) is 28.3. The molecular weight excluding hydrogens is 225 g/mol. The van der Waals surface area contributed by atoms with E-state index in [0.717, 1.165) is 12.5 Å². The summed E-state index contributed by atoms with van der Waals surface area (Å²) in [6.45, 7) is 3.35. The molecule has 0 heterocycles. The average Bonchev–Trinajstić information content (AvgIpc) is 2.40. The summed E-state index contributed by atoms with van der Waals surface area (Å²) in [4.78, 5) is 0. The Morgan fingerprint density at radius 1 is 1.22 bits per heavy atom. The van der Waals surface area contributed by atoms with E-state index in [1.807, 2.05) is 19.2 Å². The third kappa shape index (κ3) is 3.11. The van der Waals surface area contributed by atoms with Crippen LogP contribution in [-0.4, -0.2) is 13.6 Å². The molecule has 0 amide bonds. The van der Waals surface area contributed by atoms with Crippen LogP contribution in [0, 0.1) is 17.7 Å². The van der Waals surface area contributed by atoms with Crippen molar-refractivity contribution in [2.75, 3.05) is 13.6 Å².